The van der Waals surface area contributed by atoms with Crippen molar-refractivity contribution in [3.05, 3.63) is 81.7 Å². The maximum Gasteiger partial charge on any atom is 0.274 e. The quantitative estimate of drug-likeness (QED) is 0.220. The molecule has 1 aromatic heterocycles. The number of nitrogens with one attached hydrogen (secondary N) is 2. The number of aliphatic hydroxyl groups is 2. The number of thiophene rings is 1. The monoisotopic (exact) mass is 510 g/mol. The van der Waals surface area contributed by atoms with Crippen molar-refractivity contribution >= 4 is 34.4 Å². The molecule has 1 heterocycles. The molecule has 3 aromatic rings. The van der Waals surface area contributed by atoms with Crippen LogP contribution in [0.1, 0.15) is 37.4 Å². The second-order valence-electron chi connectivity index (χ2n) is 7.97. The Kier molecular flexibility index (Phi) is 10.1. The molecule has 0 spiro atoms. The molecule has 2 aromatic carbocycles. The molecule has 0 unspecified atom stereocenters. The van der Waals surface area contributed by atoms with Crippen LogP contribution in [0.3, 0.4) is 0 Å². The van der Waals surface area contributed by atoms with E-state index in [0.717, 1.165) is 22.4 Å². The Labute approximate surface area is 214 Å². The highest BCUT2D eigenvalue weighted by Gasteiger charge is 2.19. The standard InChI is InChI=1S/C26H30N4O5S/c1-18-17-36-26(23(18)25(34)29-27-15-19-6-8-22(35-2)9-7-19)28-24(33)21-5-3-4-20(14-21)16-30(10-12-31)11-13-32/h3-9,14-15,17,31-32H,10-13,16H2,1-2H3,(H,28,33)(H,29,34)/b27-15+. The Hall–Kier alpha value is -3.57. The normalized spacial score (nSPS) is 11.1. The Morgan fingerprint density at radius 3 is 2.47 bits per heavy atom. The van der Waals surface area contributed by atoms with Gasteiger partial charge in [0.2, 0.25) is 0 Å². The number of methoxy groups -OCH3 is 1. The van der Waals surface area contributed by atoms with Crippen LogP contribution < -0.4 is 15.5 Å². The van der Waals surface area contributed by atoms with Crippen LogP contribution >= 0.6 is 11.3 Å². The molecule has 36 heavy (non-hydrogen) atoms. The van der Waals surface area contributed by atoms with Crippen LogP contribution in [0.4, 0.5) is 5.00 Å². The van der Waals surface area contributed by atoms with Crippen LogP contribution in [-0.4, -0.2) is 66.6 Å². The first-order chi connectivity index (χ1) is 17.4. The molecule has 0 atom stereocenters. The van der Waals surface area contributed by atoms with E-state index in [1.165, 1.54) is 17.6 Å². The van der Waals surface area contributed by atoms with E-state index in [9.17, 15) is 19.8 Å². The lowest BCUT2D eigenvalue weighted by molar-refractivity contribution is 0.0955. The van der Waals surface area contributed by atoms with E-state index in [-0.39, 0.29) is 19.1 Å². The van der Waals surface area contributed by atoms with Gasteiger partial charge in [-0.1, -0.05) is 12.1 Å². The number of carbonyl (C=O) groups excluding carboxylic acids is 2. The van der Waals surface area contributed by atoms with E-state index in [2.05, 4.69) is 15.8 Å². The summed E-state index contributed by atoms with van der Waals surface area (Å²) in [5, 5.41) is 27.5. The number of rotatable bonds is 12. The lowest BCUT2D eigenvalue weighted by atomic mass is 10.1. The van der Waals surface area contributed by atoms with Crippen LogP contribution in [0.25, 0.3) is 0 Å². The lowest BCUT2D eigenvalue weighted by Gasteiger charge is -2.20. The summed E-state index contributed by atoms with van der Waals surface area (Å²) in [7, 11) is 1.59. The molecule has 9 nitrogen and oxygen atoms in total. The van der Waals surface area contributed by atoms with Gasteiger partial charge in [-0.2, -0.15) is 5.10 Å². The second kappa shape index (κ2) is 13.5. The van der Waals surface area contributed by atoms with Crippen LogP contribution in [0, 0.1) is 6.92 Å². The Morgan fingerprint density at radius 1 is 1.08 bits per heavy atom. The molecule has 2 amide bonds. The molecule has 10 heteroatoms. The number of anilines is 1. The Bertz CT molecular complexity index is 1190. The molecular formula is C26H30N4O5S. The third-order valence-corrected chi connectivity index (χ3v) is 6.37. The zero-order valence-corrected chi connectivity index (χ0v) is 21.0. The van der Waals surface area contributed by atoms with Crippen molar-refractivity contribution in [2.45, 2.75) is 13.5 Å². The van der Waals surface area contributed by atoms with Crippen molar-refractivity contribution in [1.82, 2.24) is 10.3 Å². The first-order valence-electron chi connectivity index (χ1n) is 11.3. The largest absolute Gasteiger partial charge is 0.497 e. The summed E-state index contributed by atoms with van der Waals surface area (Å²) in [6.45, 7) is 3.08. The van der Waals surface area contributed by atoms with Crippen molar-refractivity contribution in [3.63, 3.8) is 0 Å². The smallest absolute Gasteiger partial charge is 0.274 e. The summed E-state index contributed by atoms with van der Waals surface area (Å²) < 4.78 is 5.13. The van der Waals surface area contributed by atoms with Gasteiger partial charge in [-0.25, -0.2) is 5.43 Å². The van der Waals surface area contributed by atoms with Crippen molar-refractivity contribution in [2.24, 2.45) is 5.10 Å². The van der Waals surface area contributed by atoms with E-state index in [1.807, 2.05) is 23.1 Å². The maximum absolute atomic E-state index is 13.0. The molecule has 0 saturated heterocycles. The minimum absolute atomic E-state index is 0.0209. The predicted octanol–water partition coefficient (Wildman–Crippen LogP) is 2.87. The molecule has 0 aliphatic heterocycles. The fraction of sp³-hybridized carbons (Fsp3) is 0.269. The highest BCUT2D eigenvalue weighted by atomic mass is 32.1. The first-order valence-corrected chi connectivity index (χ1v) is 12.2. The number of hydrogen-bond donors (Lipinski definition) is 4. The van der Waals surface area contributed by atoms with Gasteiger partial charge in [0.25, 0.3) is 11.8 Å². The Balaban J connectivity index is 1.67. The van der Waals surface area contributed by atoms with Crippen LogP contribution in [0.15, 0.2) is 59.0 Å². The molecule has 0 aliphatic carbocycles. The summed E-state index contributed by atoms with van der Waals surface area (Å²) in [6.07, 6.45) is 1.53. The highest BCUT2D eigenvalue weighted by Crippen LogP contribution is 2.28. The van der Waals surface area contributed by atoms with Crippen molar-refractivity contribution < 1.29 is 24.5 Å². The number of nitrogens with zero attached hydrogens (tertiary/aromatic N) is 2. The van der Waals surface area contributed by atoms with Gasteiger partial charge in [0.05, 0.1) is 32.1 Å². The molecule has 0 aliphatic rings. The van der Waals surface area contributed by atoms with Gasteiger partial charge < -0.3 is 20.3 Å². The molecule has 190 valence electrons. The van der Waals surface area contributed by atoms with E-state index >= 15 is 0 Å². The number of hydrazone groups is 1. The van der Waals surface area contributed by atoms with E-state index in [4.69, 9.17) is 4.74 Å². The summed E-state index contributed by atoms with van der Waals surface area (Å²) in [4.78, 5) is 27.7. The van der Waals surface area contributed by atoms with Crippen LogP contribution in [0.5, 0.6) is 5.75 Å². The molecule has 0 bridgehead atoms. The van der Waals surface area contributed by atoms with Crippen molar-refractivity contribution in [1.29, 1.82) is 0 Å². The summed E-state index contributed by atoms with van der Waals surface area (Å²) in [5.74, 6) is -0.0415. The average molecular weight is 511 g/mol. The fourth-order valence-corrected chi connectivity index (χ4v) is 4.46. The summed E-state index contributed by atoms with van der Waals surface area (Å²) in [6, 6.07) is 14.3. The van der Waals surface area contributed by atoms with Gasteiger partial charge in [0.1, 0.15) is 10.8 Å². The van der Waals surface area contributed by atoms with Crippen LogP contribution in [-0.2, 0) is 6.54 Å². The fourth-order valence-electron chi connectivity index (χ4n) is 3.53. The minimum Gasteiger partial charge on any atom is -0.497 e. The lowest BCUT2D eigenvalue weighted by Crippen LogP contribution is -2.29. The van der Waals surface area contributed by atoms with Crippen molar-refractivity contribution in [2.75, 3.05) is 38.7 Å². The zero-order chi connectivity index (χ0) is 25.9. The minimum atomic E-state index is -0.425. The second-order valence-corrected chi connectivity index (χ2v) is 8.85. The first kappa shape index (κ1) is 27.0. The summed E-state index contributed by atoms with van der Waals surface area (Å²) >= 11 is 1.27. The van der Waals surface area contributed by atoms with Crippen molar-refractivity contribution in [3.8, 4) is 5.75 Å². The molecule has 4 N–H and O–H groups in total. The number of amides is 2. The number of ether oxygens (including phenoxy) is 1. The summed E-state index contributed by atoms with van der Waals surface area (Å²) in [5.41, 5.74) is 5.71. The third kappa shape index (κ3) is 7.46. The molecular weight excluding hydrogens is 480 g/mol. The van der Waals surface area contributed by atoms with Gasteiger partial charge in [0, 0.05) is 25.2 Å². The number of aliphatic hydroxyl groups excluding tert-OH is 2. The van der Waals surface area contributed by atoms with E-state index < -0.39 is 5.91 Å². The average Bonchev–Trinajstić information content (AvgIpc) is 3.24. The molecule has 0 radical (unpaired) electrons. The highest BCUT2D eigenvalue weighted by molar-refractivity contribution is 7.15. The SMILES string of the molecule is COc1ccc(/C=N/NC(=O)c2c(C)csc2NC(=O)c2cccc(CN(CCO)CCO)c2)cc1. The van der Waals surface area contributed by atoms with Gasteiger partial charge in [0.15, 0.2) is 0 Å². The number of hydrogen-bond acceptors (Lipinski definition) is 8. The predicted molar refractivity (Wildman–Crippen MR) is 141 cm³/mol. The molecule has 0 saturated carbocycles. The van der Waals surface area contributed by atoms with Gasteiger partial charge in [-0.05, 0) is 65.4 Å². The number of aryl methyl sites for hydroxylation is 1. The zero-order valence-electron chi connectivity index (χ0n) is 20.2. The molecule has 3 rings (SSSR count). The van der Waals surface area contributed by atoms with Gasteiger partial charge in [-0.15, -0.1) is 11.3 Å². The van der Waals surface area contributed by atoms with E-state index in [0.29, 0.717) is 35.8 Å². The third-order valence-electron chi connectivity index (χ3n) is 5.35. The molecule has 0 fully saturated rings. The number of carbonyl (C=O) groups is 2. The number of benzene rings is 2. The van der Waals surface area contributed by atoms with Gasteiger partial charge in [-0.3, -0.25) is 14.5 Å². The maximum atomic E-state index is 13.0. The van der Waals surface area contributed by atoms with Crippen LogP contribution in [0.2, 0.25) is 0 Å². The van der Waals surface area contributed by atoms with Gasteiger partial charge >= 0.3 is 0 Å². The Morgan fingerprint density at radius 2 is 1.81 bits per heavy atom. The van der Waals surface area contributed by atoms with E-state index in [1.54, 1.807) is 49.7 Å². The topological polar surface area (TPSA) is 123 Å².